The molecule has 1 aliphatic heterocycles. The molecule has 0 saturated heterocycles. The predicted molar refractivity (Wildman–Crippen MR) is 156 cm³/mol. The summed E-state index contributed by atoms with van der Waals surface area (Å²) in [6.07, 6.45) is 1.89. The van der Waals surface area contributed by atoms with E-state index in [2.05, 4.69) is 26.7 Å². The number of alkyl halides is 1. The van der Waals surface area contributed by atoms with Crippen molar-refractivity contribution < 1.29 is 33.8 Å². The van der Waals surface area contributed by atoms with Gasteiger partial charge in [-0.1, -0.05) is 19.9 Å². The van der Waals surface area contributed by atoms with Crippen molar-refractivity contribution >= 4 is 71.0 Å². The van der Waals surface area contributed by atoms with Gasteiger partial charge in [-0.15, -0.1) is 23.4 Å². The molecule has 1 heterocycles. The van der Waals surface area contributed by atoms with E-state index in [4.69, 9.17) is 21.1 Å². The maximum atomic E-state index is 12.9. The second kappa shape index (κ2) is 15.9. The molecule has 0 spiro atoms. The van der Waals surface area contributed by atoms with E-state index in [1.165, 1.54) is 24.1 Å². The van der Waals surface area contributed by atoms with Gasteiger partial charge in [-0.3, -0.25) is 19.5 Å². The number of carboxylic acid groups (broad SMARTS) is 1. The number of ether oxygens (including phenoxy) is 2. The fraction of sp³-hybridized carbons (Fsp3) is 0.600. The Morgan fingerprint density at radius 3 is 2.51 bits per heavy atom. The van der Waals surface area contributed by atoms with Crippen molar-refractivity contribution in [1.82, 2.24) is 10.0 Å². The molecule has 0 aromatic heterocycles. The molecule has 1 aliphatic rings. The van der Waals surface area contributed by atoms with E-state index in [0.717, 1.165) is 11.9 Å². The van der Waals surface area contributed by atoms with Gasteiger partial charge in [0, 0.05) is 17.0 Å². The van der Waals surface area contributed by atoms with Crippen LogP contribution in [0.5, 0.6) is 0 Å². The van der Waals surface area contributed by atoms with Crippen LogP contribution in [0.3, 0.4) is 0 Å². The maximum Gasteiger partial charge on any atom is 0.408 e. The number of allylic oxidation sites excluding steroid dienone is 1. The van der Waals surface area contributed by atoms with Gasteiger partial charge in [0.05, 0.1) is 6.42 Å². The molecular weight excluding hydrogens is 568 g/mol. The summed E-state index contributed by atoms with van der Waals surface area (Å²) in [6, 6.07) is -0.994. The van der Waals surface area contributed by atoms with E-state index < -0.39 is 47.2 Å². The first-order chi connectivity index (χ1) is 18.1. The lowest BCUT2D eigenvalue weighted by Crippen LogP contribution is -2.48. The second-order valence-electron chi connectivity index (χ2n) is 10.0. The normalized spacial score (nSPS) is 19.3. The Kier molecular flexibility index (Phi) is 14.1. The number of carbonyl (C=O) groups is 4. The lowest BCUT2D eigenvalue weighted by atomic mass is 10.0. The van der Waals surface area contributed by atoms with Crippen LogP contribution in [0.4, 0.5) is 4.79 Å². The van der Waals surface area contributed by atoms with Crippen LogP contribution in [0.25, 0.3) is 0 Å². The first-order valence-electron chi connectivity index (χ1n) is 12.1. The lowest BCUT2D eigenvalue weighted by Gasteiger charge is -2.25. The molecule has 3 atom stereocenters. The molecule has 0 aromatic rings. The van der Waals surface area contributed by atoms with Crippen molar-refractivity contribution in [2.24, 2.45) is 15.9 Å². The first-order valence-corrected chi connectivity index (χ1v) is 14.5. The number of amides is 2. The second-order valence-corrected chi connectivity index (χ2v) is 12.1. The minimum atomic E-state index is -1.25. The molecule has 0 radical (unpaired) electrons. The Hall–Kier alpha value is -2.51. The highest BCUT2D eigenvalue weighted by atomic mass is 35.5. The number of nitrogens with zero attached hydrogens (tertiary/aromatic N) is 2. The summed E-state index contributed by atoms with van der Waals surface area (Å²) < 4.78 is 13.4. The number of carboxylic acids is 1. The number of aliphatic carboxylic acids is 1. The van der Waals surface area contributed by atoms with Gasteiger partial charge in [0.2, 0.25) is 5.91 Å². The highest BCUT2D eigenvalue weighted by Gasteiger charge is 2.39. The number of rotatable bonds is 14. The van der Waals surface area contributed by atoms with Crippen LogP contribution in [0.15, 0.2) is 33.2 Å². The van der Waals surface area contributed by atoms with E-state index in [1.54, 1.807) is 46.8 Å². The molecule has 0 bridgehead atoms. The van der Waals surface area contributed by atoms with Crippen LogP contribution in [0.1, 0.15) is 54.4 Å². The molecular formula is C25H37ClN4O7S2. The summed E-state index contributed by atoms with van der Waals surface area (Å²) in [6.45, 7) is 13.6. The van der Waals surface area contributed by atoms with Crippen LogP contribution in [0.2, 0.25) is 0 Å². The molecule has 1 unspecified atom stereocenters. The molecule has 218 valence electrons. The van der Waals surface area contributed by atoms with Crippen LogP contribution in [-0.4, -0.2) is 75.7 Å². The minimum Gasteiger partial charge on any atom is -0.479 e. The minimum absolute atomic E-state index is 0.202. The SMILES string of the molecule is C=N/C(=C\SNC(=O)C[C@@H](/C=C/CCCl)OC(=O)C(NC(=O)OC(C)(C)C)C(C)C)C1=N[C@](C)(C(=O)O)CS1. The zero-order valence-electron chi connectivity index (χ0n) is 23.0. The highest BCUT2D eigenvalue weighted by Crippen LogP contribution is 2.32. The third kappa shape index (κ3) is 12.5. The lowest BCUT2D eigenvalue weighted by molar-refractivity contribution is -0.151. The van der Waals surface area contributed by atoms with Crippen molar-refractivity contribution in [2.45, 2.75) is 77.7 Å². The van der Waals surface area contributed by atoms with Crippen molar-refractivity contribution in [3.05, 3.63) is 23.3 Å². The van der Waals surface area contributed by atoms with Crippen LogP contribution < -0.4 is 10.0 Å². The largest absolute Gasteiger partial charge is 0.479 e. The summed E-state index contributed by atoms with van der Waals surface area (Å²) in [5.74, 6) is -1.92. The molecule has 39 heavy (non-hydrogen) atoms. The maximum absolute atomic E-state index is 12.9. The molecule has 1 rings (SSSR count). The zero-order chi connectivity index (χ0) is 29.8. The quantitative estimate of drug-likeness (QED) is 0.0864. The van der Waals surface area contributed by atoms with Crippen LogP contribution in [0, 0.1) is 5.92 Å². The molecule has 0 fully saturated rings. The smallest absolute Gasteiger partial charge is 0.408 e. The number of aliphatic imine (C=N–C) groups is 2. The summed E-state index contributed by atoms with van der Waals surface area (Å²) in [5, 5.41) is 13.8. The highest BCUT2D eigenvalue weighted by molar-refractivity contribution is 8.15. The van der Waals surface area contributed by atoms with E-state index in [-0.39, 0.29) is 18.1 Å². The molecule has 14 heteroatoms. The average Bonchev–Trinajstić information content (AvgIpc) is 3.22. The molecule has 3 N–H and O–H groups in total. The molecule has 2 amide bonds. The van der Waals surface area contributed by atoms with Crippen molar-refractivity contribution in [1.29, 1.82) is 0 Å². The van der Waals surface area contributed by atoms with Gasteiger partial charge >= 0.3 is 18.0 Å². The number of thioether (sulfide) groups is 1. The van der Waals surface area contributed by atoms with Gasteiger partial charge in [-0.2, -0.15) is 0 Å². The van der Waals surface area contributed by atoms with Gasteiger partial charge in [0.1, 0.15) is 28.5 Å². The topological polar surface area (TPSA) is 156 Å². The standard InChI is InChI=1S/C25H37ClN4O7S2/c1-15(2)19(28-23(35)37-24(3,4)5)21(32)36-16(10-8-9-11-26)12-18(31)30-39-13-17(27-7)20-29-25(6,14-38-20)22(33)34/h8,10,13,15-16,19H,7,9,11-12,14H2,1-6H3,(H,28,35)(H,30,31)(H,33,34)/b10-8+,17-13-/t16-,19?,25+/m1/s1. The van der Waals surface area contributed by atoms with Gasteiger partial charge in [0.25, 0.3) is 0 Å². The first kappa shape index (κ1) is 34.5. The van der Waals surface area contributed by atoms with Crippen molar-refractivity contribution in [2.75, 3.05) is 11.6 Å². The van der Waals surface area contributed by atoms with Crippen molar-refractivity contribution in [3.63, 3.8) is 0 Å². The van der Waals surface area contributed by atoms with E-state index in [1.807, 2.05) is 0 Å². The number of hydrogen-bond acceptors (Lipinski definition) is 10. The third-order valence-electron chi connectivity index (χ3n) is 4.91. The molecule has 11 nitrogen and oxygen atoms in total. The fourth-order valence-corrected chi connectivity index (χ4v) is 4.80. The molecule has 0 aliphatic carbocycles. The van der Waals surface area contributed by atoms with Gasteiger partial charge in [0.15, 0.2) is 5.54 Å². The van der Waals surface area contributed by atoms with Crippen molar-refractivity contribution in [3.8, 4) is 0 Å². The summed E-state index contributed by atoms with van der Waals surface area (Å²) in [4.78, 5) is 57.3. The zero-order valence-corrected chi connectivity index (χ0v) is 25.4. The Morgan fingerprint density at radius 2 is 2.00 bits per heavy atom. The summed E-state index contributed by atoms with van der Waals surface area (Å²) >= 11 is 7.87. The molecule has 0 saturated carbocycles. The van der Waals surface area contributed by atoms with E-state index in [0.29, 0.717) is 23.0 Å². The van der Waals surface area contributed by atoms with Gasteiger partial charge in [-0.25, -0.2) is 14.4 Å². The van der Waals surface area contributed by atoms with Crippen LogP contribution >= 0.6 is 35.3 Å². The predicted octanol–water partition coefficient (Wildman–Crippen LogP) is 4.32. The number of esters is 1. The Balaban J connectivity index is 2.86. The van der Waals surface area contributed by atoms with E-state index in [9.17, 15) is 24.3 Å². The number of nitrogens with one attached hydrogen (secondary N) is 2. The van der Waals surface area contributed by atoms with Gasteiger partial charge < -0.3 is 19.9 Å². The number of carbonyl (C=O) groups excluding carboxylic acids is 3. The Labute approximate surface area is 242 Å². The summed E-state index contributed by atoms with van der Waals surface area (Å²) in [5.41, 5.74) is -1.67. The summed E-state index contributed by atoms with van der Waals surface area (Å²) in [7, 11) is 0. The van der Waals surface area contributed by atoms with Gasteiger partial charge in [-0.05, 0) is 64.8 Å². The van der Waals surface area contributed by atoms with E-state index >= 15 is 0 Å². The number of alkyl carbamates (subject to hydrolysis) is 1. The third-order valence-corrected chi connectivity index (χ3v) is 7.09. The fourth-order valence-electron chi connectivity index (χ4n) is 2.88. The van der Waals surface area contributed by atoms with Crippen LogP contribution in [-0.2, 0) is 23.9 Å². The Bertz CT molecular complexity index is 1010. The Morgan fingerprint density at radius 1 is 1.33 bits per heavy atom. The molecule has 0 aromatic carbocycles. The average molecular weight is 605 g/mol. The number of hydrogen-bond donors (Lipinski definition) is 3. The monoisotopic (exact) mass is 604 g/mol. The number of halogens is 1.